The van der Waals surface area contributed by atoms with E-state index in [0.29, 0.717) is 5.92 Å². The van der Waals surface area contributed by atoms with E-state index in [0.717, 1.165) is 50.5 Å². The first kappa shape index (κ1) is 14.4. The zero-order valence-corrected chi connectivity index (χ0v) is 12.7. The minimum absolute atomic E-state index is 0.00992. The Labute approximate surface area is 123 Å². The summed E-state index contributed by atoms with van der Waals surface area (Å²) in [6, 6.07) is 0.185. The van der Waals surface area contributed by atoms with Gasteiger partial charge in [0.05, 0.1) is 16.7 Å². The van der Waals surface area contributed by atoms with Crippen molar-refractivity contribution in [1.82, 2.24) is 10.4 Å². The van der Waals surface area contributed by atoms with Gasteiger partial charge in [0.15, 0.2) is 0 Å². The van der Waals surface area contributed by atoms with Crippen LogP contribution in [0.1, 0.15) is 41.6 Å². The number of hydrazine groups is 1. The SMILES string of the molecule is Cc1ncc(C(NN)C2CCOC3(CCOCC3)C2)s1. The molecule has 112 valence electrons. The Morgan fingerprint density at radius 2 is 2.25 bits per heavy atom. The molecule has 0 bridgehead atoms. The minimum atomic E-state index is 0.00992. The number of ether oxygens (including phenoxy) is 2. The maximum Gasteiger partial charge on any atom is 0.0897 e. The second-order valence-corrected chi connectivity index (χ2v) is 7.09. The Kier molecular flexibility index (Phi) is 4.37. The van der Waals surface area contributed by atoms with Crippen LogP contribution in [0.2, 0.25) is 0 Å². The molecule has 5 nitrogen and oxygen atoms in total. The van der Waals surface area contributed by atoms with Gasteiger partial charge in [0, 0.05) is 30.9 Å². The first-order chi connectivity index (χ1) is 9.72. The van der Waals surface area contributed by atoms with Crippen molar-refractivity contribution in [2.45, 2.75) is 44.2 Å². The number of nitrogens with one attached hydrogen (secondary N) is 1. The van der Waals surface area contributed by atoms with Crippen molar-refractivity contribution < 1.29 is 9.47 Å². The van der Waals surface area contributed by atoms with Crippen LogP contribution in [0.25, 0.3) is 0 Å². The van der Waals surface area contributed by atoms with Crippen LogP contribution in [0.15, 0.2) is 6.20 Å². The van der Waals surface area contributed by atoms with E-state index < -0.39 is 0 Å². The molecule has 3 rings (SSSR count). The van der Waals surface area contributed by atoms with Crippen LogP contribution < -0.4 is 11.3 Å². The fourth-order valence-corrected chi connectivity index (χ4v) is 4.35. The number of nitrogens with two attached hydrogens (primary N) is 1. The summed E-state index contributed by atoms with van der Waals surface area (Å²) in [5, 5.41) is 1.09. The smallest absolute Gasteiger partial charge is 0.0897 e. The van der Waals surface area contributed by atoms with Crippen molar-refractivity contribution in [2.24, 2.45) is 11.8 Å². The molecule has 0 aromatic carbocycles. The topological polar surface area (TPSA) is 69.4 Å². The third-order valence-electron chi connectivity index (χ3n) is 4.53. The number of aryl methyl sites for hydroxylation is 1. The van der Waals surface area contributed by atoms with Crippen LogP contribution in [0.4, 0.5) is 0 Å². The summed E-state index contributed by atoms with van der Waals surface area (Å²) in [5.41, 5.74) is 3.02. The monoisotopic (exact) mass is 297 g/mol. The van der Waals surface area contributed by atoms with Crippen molar-refractivity contribution in [3.8, 4) is 0 Å². The van der Waals surface area contributed by atoms with Gasteiger partial charge in [-0.15, -0.1) is 11.3 Å². The summed E-state index contributed by atoms with van der Waals surface area (Å²) in [5.74, 6) is 6.33. The van der Waals surface area contributed by atoms with Crippen molar-refractivity contribution in [3.63, 3.8) is 0 Å². The molecule has 1 aromatic heterocycles. The molecule has 2 unspecified atom stereocenters. The fourth-order valence-electron chi connectivity index (χ4n) is 3.41. The summed E-state index contributed by atoms with van der Waals surface area (Å²) < 4.78 is 11.6. The molecule has 0 aliphatic carbocycles. The van der Waals surface area contributed by atoms with E-state index in [1.807, 2.05) is 13.1 Å². The summed E-state index contributed by atoms with van der Waals surface area (Å²) >= 11 is 1.73. The predicted octanol–water partition coefficient (Wildman–Crippen LogP) is 1.93. The number of hydrogen-bond acceptors (Lipinski definition) is 6. The molecule has 2 atom stereocenters. The van der Waals surface area contributed by atoms with Gasteiger partial charge in [0.2, 0.25) is 0 Å². The second kappa shape index (κ2) is 6.07. The maximum atomic E-state index is 6.11. The highest BCUT2D eigenvalue weighted by atomic mass is 32.1. The number of nitrogens with zero attached hydrogens (tertiary/aromatic N) is 1. The van der Waals surface area contributed by atoms with Gasteiger partial charge >= 0.3 is 0 Å². The molecule has 0 amide bonds. The van der Waals surface area contributed by atoms with E-state index in [-0.39, 0.29) is 11.6 Å². The van der Waals surface area contributed by atoms with E-state index in [2.05, 4.69) is 10.4 Å². The van der Waals surface area contributed by atoms with Gasteiger partial charge < -0.3 is 9.47 Å². The maximum absolute atomic E-state index is 6.11. The Morgan fingerprint density at radius 3 is 2.90 bits per heavy atom. The third-order valence-corrected chi connectivity index (χ3v) is 5.53. The number of thiazole rings is 1. The lowest BCUT2D eigenvalue weighted by Gasteiger charge is -2.45. The number of rotatable bonds is 3. The predicted molar refractivity (Wildman–Crippen MR) is 78.4 cm³/mol. The first-order valence-electron chi connectivity index (χ1n) is 7.33. The van der Waals surface area contributed by atoms with E-state index in [1.54, 1.807) is 11.3 Å². The lowest BCUT2D eigenvalue weighted by atomic mass is 9.77. The zero-order valence-electron chi connectivity index (χ0n) is 11.9. The largest absolute Gasteiger partial charge is 0.381 e. The van der Waals surface area contributed by atoms with Gasteiger partial charge in [-0.1, -0.05) is 0 Å². The highest BCUT2D eigenvalue weighted by Crippen LogP contribution is 2.42. The molecular weight excluding hydrogens is 274 g/mol. The highest BCUT2D eigenvalue weighted by molar-refractivity contribution is 7.11. The molecule has 3 heterocycles. The van der Waals surface area contributed by atoms with Gasteiger partial charge in [-0.2, -0.15) is 0 Å². The Balaban J connectivity index is 1.74. The van der Waals surface area contributed by atoms with E-state index in [1.165, 1.54) is 4.88 Å². The molecule has 2 saturated heterocycles. The molecule has 0 radical (unpaired) electrons. The molecule has 2 aliphatic heterocycles. The van der Waals surface area contributed by atoms with Gasteiger partial charge in [-0.05, 0) is 38.5 Å². The van der Waals surface area contributed by atoms with Gasteiger partial charge in [0.1, 0.15) is 0 Å². The zero-order chi connectivity index (χ0) is 14.0. The van der Waals surface area contributed by atoms with Crippen molar-refractivity contribution in [2.75, 3.05) is 19.8 Å². The van der Waals surface area contributed by atoms with E-state index in [9.17, 15) is 0 Å². The third kappa shape index (κ3) is 2.89. The fraction of sp³-hybridized carbons (Fsp3) is 0.786. The normalized spacial score (nSPS) is 27.6. The molecule has 20 heavy (non-hydrogen) atoms. The lowest BCUT2D eigenvalue weighted by molar-refractivity contribution is -0.150. The second-order valence-electron chi connectivity index (χ2n) is 5.82. The average Bonchev–Trinajstić information content (AvgIpc) is 2.87. The summed E-state index contributed by atoms with van der Waals surface area (Å²) in [4.78, 5) is 5.59. The van der Waals surface area contributed by atoms with E-state index >= 15 is 0 Å². The van der Waals surface area contributed by atoms with Gasteiger partial charge in [0.25, 0.3) is 0 Å². The van der Waals surface area contributed by atoms with Crippen molar-refractivity contribution in [1.29, 1.82) is 0 Å². The highest BCUT2D eigenvalue weighted by Gasteiger charge is 2.41. The molecule has 3 N–H and O–H groups in total. The number of aromatic nitrogens is 1. The summed E-state index contributed by atoms with van der Waals surface area (Å²) in [7, 11) is 0. The van der Waals surface area contributed by atoms with Crippen LogP contribution in [0.5, 0.6) is 0 Å². The number of hydrogen-bond donors (Lipinski definition) is 2. The van der Waals surface area contributed by atoms with Crippen LogP contribution in [0.3, 0.4) is 0 Å². The molecule has 2 aliphatic rings. The van der Waals surface area contributed by atoms with Crippen LogP contribution in [0, 0.1) is 12.8 Å². The Bertz CT molecular complexity index is 440. The minimum Gasteiger partial charge on any atom is -0.381 e. The Hall–Kier alpha value is -0.530. The van der Waals surface area contributed by atoms with Crippen LogP contribution in [-0.4, -0.2) is 30.4 Å². The quantitative estimate of drug-likeness (QED) is 0.659. The molecule has 6 heteroatoms. The van der Waals surface area contributed by atoms with Gasteiger partial charge in [-0.25, -0.2) is 4.98 Å². The van der Waals surface area contributed by atoms with Crippen LogP contribution in [-0.2, 0) is 9.47 Å². The average molecular weight is 297 g/mol. The molecule has 1 spiro atoms. The Morgan fingerprint density at radius 1 is 1.45 bits per heavy atom. The van der Waals surface area contributed by atoms with Crippen molar-refractivity contribution >= 4 is 11.3 Å². The van der Waals surface area contributed by atoms with Crippen LogP contribution >= 0.6 is 11.3 Å². The molecular formula is C14H23N3O2S. The van der Waals surface area contributed by atoms with E-state index in [4.69, 9.17) is 15.3 Å². The lowest BCUT2D eigenvalue weighted by Crippen LogP contribution is -2.47. The molecule has 1 aromatic rings. The van der Waals surface area contributed by atoms with Crippen molar-refractivity contribution in [3.05, 3.63) is 16.1 Å². The first-order valence-corrected chi connectivity index (χ1v) is 8.14. The molecule has 0 saturated carbocycles. The summed E-state index contributed by atoms with van der Waals surface area (Å²) in [6.45, 7) is 4.48. The van der Waals surface area contributed by atoms with Gasteiger partial charge in [-0.3, -0.25) is 11.3 Å². The molecule has 2 fully saturated rings. The standard InChI is InChI=1S/C14H23N3O2S/c1-10-16-9-12(20-10)13(17-15)11-2-5-19-14(8-11)3-6-18-7-4-14/h9,11,13,17H,2-8,15H2,1H3. The summed E-state index contributed by atoms with van der Waals surface area (Å²) in [6.07, 6.45) is 6.07.